The molecule has 0 amide bonds. The van der Waals surface area contributed by atoms with Gasteiger partial charge in [0.15, 0.2) is 0 Å². The summed E-state index contributed by atoms with van der Waals surface area (Å²) in [6.07, 6.45) is 2.77. The van der Waals surface area contributed by atoms with E-state index in [0.29, 0.717) is 0 Å². The lowest BCUT2D eigenvalue weighted by Gasteiger charge is -2.35. The average Bonchev–Trinajstić information content (AvgIpc) is 2.51. The zero-order valence-corrected chi connectivity index (χ0v) is 11.5. The minimum Gasteiger partial charge on any atom is -0.315 e. The first-order valence-corrected chi connectivity index (χ1v) is 7.41. The van der Waals surface area contributed by atoms with Gasteiger partial charge in [-0.1, -0.05) is 0 Å². The third-order valence-electron chi connectivity index (χ3n) is 4.14. The summed E-state index contributed by atoms with van der Waals surface area (Å²) < 4.78 is 0. The Morgan fingerprint density at radius 2 is 2.24 bits per heavy atom. The molecule has 4 rings (SSSR count). The quantitative estimate of drug-likeness (QED) is 0.871. The van der Waals surface area contributed by atoms with E-state index >= 15 is 0 Å². The minimum atomic E-state index is 0.735. The van der Waals surface area contributed by atoms with E-state index in [9.17, 15) is 0 Å². The fraction of sp³-hybridized carbons (Fsp3) is 0.769. The van der Waals surface area contributed by atoms with Crippen LogP contribution in [0.2, 0.25) is 0 Å². The molecule has 3 saturated heterocycles. The molecule has 0 aliphatic carbocycles. The number of hydrogen-bond acceptors (Lipinski definition) is 4. The van der Waals surface area contributed by atoms with Crippen LogP contribution in [0.25, 0.3) is 0 Å². The van der Waals surface area contributed by atoms with Gasteiger partial charge < -0.3 is 5.32 Å². The van der Waals surface area contributed by atoms with E-state index in [-0.39, 0.29) is 0 Å². The lowest BCUT2D eigenvalue weighted by Crippen LogP contribution is -2.42. The van der Waals surface area contributed by atoms with Crippen molar-refractivity contribution in [3.05, 3.63) is 15.6 Å². The van der Waals surface area contributed by atoms with Crippen molar-refractivity contribution in [3.63, 3.8) is 0 Å². The van der Waals surface area contributed by atoms with Gasteiger partial charge in [0, 0.05) is 24.0 Å². The molecule has 4 heterocycles. The van der Waals surface area contributed by atoms with Gasteiger partial charge in [-0.3, -0.25) is 4.90 Å². The van der Waals surface area contributed by atoms with E-state index < -0.39 is 0 Å². The van der Waals surface area contributed by atoms with Gasteiger partial charge in [-0.2, -0.15) is 0 Å². The SMILES string of the molecule is Cc1nc(CN2C[C@@H]3CC[C@H]2CNC3)sc1C. The Bertz CT molecular complexity index is 378. The maximum absolute atomic E-state index is 4.67. The van der Waals surface area contributed by atoms with E-state index in [1.54, 1.807) is 0 Å². The standard InChI is InChI=1S/C13H21N3S/c1-9-10(2)17-13(15-9)8-16-7-11-3-4-12(16)6-14-5-11/h11-12,14H,3-8H2,1-2H3/t11-,12+/m1/s1. The van der Waals surface area contributed by atoms with Crippen LogP contribution >= 0.6 is 11.3 Å². The molecule has 1 aromatic rings. The first kappa shape index (κ1) is 11.6. The van der Waals surface area contributed by atoms with Crippen molar-refractivity contribution >= 4 is 11.3 Å². The lowest BCUT2D eigenvalue weighted by atomic mass is 9.95. The fourth-order valence-electron chi connectivity index (χ4n) is 3.01. The highest BCUT2D eigenvalue weighted by Gasteiger charge is 2.31. The molecule has 3 aliphatic rings. The second-order valence-corrected chi connectivity index (χ2v) is 6.72. The maximum Gasteiger partial charge on any atom is 0.107 e. The number of hydrogen-bond donors (Lipinski definition) is 1. The summed E-state index contributed by atoms with van der Waals surface area (Å²) in [5, 5.41) is 4.88. The maximum atomic E-state index is 4.67. The fourth-order valence-corrected chi connectivity index (χ4v) is 3.97. The predicted molar refractivity (Wildman–Crippen MR) is 71.4 cm³/mol. The van der Waals surface area contributed by atoms with Crippen LogP contribution in [-0.2, 0) is 6.54 Å². The molecule has 1 aromatic heterocycles. The van der Waals surface area contributed by atoms with Crippen LogP contribution in [-0.4, -0.2) is 35.6 Å². The van der Waals surface area contributed by atoms with Crippen molar-refractivity contribution < 1.29 is 0 Å². The molecule has 0 aromatic carbocycles. The van der Waals surface area contributed by atoms with Gasteiger partial charge >= 0.3 is 0 Å². The number of fused-ring (bicyclic) bond motifs is 4. The molecule has 3 nitrogen and oxygen atoms in total. The van der Waals surface area contributed by atoms with Gasteiger partial charge in [0.2, 0.25) is 0 Å². The van der Waals surface area contributed by atoms with Crippen LogP contribution in [0.3, 0.4) is 0 Å². The highest BCUT2D eigenvalue weighted by molar-refractivity contribution is 7.11. The van der Waals surface area contributed by atoms with Crippen LogP contribution in [0.1, 0.15) is 28.4 Å². The molecule has 94 valence electrons. The number of thiazole rings is 1. The normalized spacial score (nSPS) is 29.5. The van der Waals surface area contributed by atoms with Crippen molar-refractivity contribution in [2.75, 3.05) is 19.6 Å². The Labute approximate surface area is 107 Å². The van der Waals surface area contributed by atoms with Gasteiger partial charge in [0.1, 0.15) is 5.01 Å². The zero-order valence-electron chi connectivity index (χ0n) is 10.7. The summed E-state index contributed by atoms with van der Waals surface area (Å²) in [6, 6.07) is 0.735. The first-order valence-electron chi connectivity index (χ1n) is 6.60. The highest BCUT2D eigenvalue weighted by Crippen LogP contribution is 2.27. The van der Waals surface area contributed by atoms with Crippen molar-refractivity contribution in [2.24, 2.45) is 5.92 Å². The predicted octanol–water partition coefficient (Wildman–Crippen LogP) is 1.94. The molecule has 17 heavy (non-hydrogen) atoms. The summed E-state index contributed by atoms with van der Waals surface area (Å²) in [5.41, 5.74) is 1.21. The molecule has 3 fully saturated rings. The lowest BCUT2D eigenvalue weighted by molar-refractivity contribution is 0.126. The first-order chi connectivity index (χ1) is 8.22. The molecule has 1 N–H and O–H groups in total. The van der Waals surface area contributed by atoms with Crippen molar-refractivity contribution in [1.29, 1.82) is 0 Å². The second-order valence-electron chi connectivity index (χ2n) is 5.43. The largest absolute Gasteiger partial charge is 0.315 e. The van der Waals surface area contributed by atoms with E-state index in [0.717, 1.165) is 18.5 Å². The molecular weight excluding hydrogens is 230 g/mol. The Morgan fingerprint density at radius 3 is 3.00 bits per heavy atom. The Kier molecular flexibility index (Phi) is 3.19. The molecule has 0 spiro atoms. The van der Waals surface area contributed by atoms with Gasteiger partial charge in [0.05, 0.1) is 12.2 Å². The van der Waals surface area contributed by atoms with Crippen LogP contribution in [0.15, 0.2) is 0 Å². The van der Waals surface area contributed by atoms with Crippen LogP contribution in [0, 0.1) is 19.8 Å². The van der Waals surface area contributed by atoms with Gasteiger partial charge in [-0.25, -0.2) is 4.98 Å². The zero-order chi connectivity index (χ0) is 11.8. The van der Waals surface area contributed by atoms with Crippen molar-refractivity contribution in [3.8, 4) is 0 Å². The smallest absolute Gasteiger partial charge is 0.107 e. The third kappa shape index (κ3) is 2.39. The van der Waals surface area contributed by atoms with Gasteiger partial charge in [-0.05, 0) is 39.2 Å². The number of aryl methyl sites for hydroxylation is 2. The van der Waals surface area contributed by atoms with Gasteiger partial charge in [0.25, 0.3) is 0 Å². The van der Waals surface area contributed by atoms with Crippen LogP contribution in [0.4, 0.5) is 0 Å². The van der Waals surface area contributed by atoms with Crippen molar-refractivity contribution in [2.45, 2.75) is 39.3 Å². The number of nitrogens with one attached hydrogen (secondary N) is 1. The summed E-state index contributed by atoms with van der Waals surface area (Å²) >= 11 is 1.87. The number of piperidine rings is 1. The van der Waals surface area contributed by atoms with Gasteiger partial charge in [-0.15, -0.1) is 11.3 Å². The van der Waals surface area contributed by atoms with Crippen LogP contribution < -0.4 is 5.32 Å². The summed E-state index contributed by atoms with van der Waals surface area (Å²) in [6.45, 7) is 8.98. The van der Waals surface area contributed by atoms with E-state index in [4.69, 9.17) is 0 Å². The number of rotatable bonds is 2. The molecule has 0 unspecified atom stereocenters. The summed E-state index contributed by atoms with van der Waals surface area (Å²) in [5.74, 6) is 0.857. The molecule has 3 aliphatic heterocycles. The Hall–Kier alpha value is -0.450. The molecular formula is C13H21N3S. The minimum absolute atomic E-state index is 0.735. The molecule has 2 atom stereocenters. The molecule has 2 bridgehead atoms. The molecule has 4 heteroatoms. The number of nitrogens with zero attached hydrogens (tertiary/aromatic N) is 2. The molecule has 0 saturated carbocycles. The van der Waals surface area contributed by atoms with E-state index in [2.05, 4.69) is 29.0 Å². The monoisotopic (exact) mass is 251 g/mol. The summed E-state index contributed by atoms with van der Waals surface area (Å²) in [7, 11) is 0. The molecule has 0 radical (unpaired) electrons. The highest BCUT2D eigenvalue weighted by atomic mass is 32.1. The topological polar surface area (TPSA) is 28.2 Å². The van der Waals surface area contributed by atoms with E-state index in [1.165, 1.54) is 48.1 Å². The Morgan fingerprint density at radius 1 is 1.35 bits per heavy atom. The summed E-state index contributed by atoms with van der Waals surface area (Å²) in [4.78, 5) is 8.69. The Balaban J connectivity index is 1.72. The van der Waals surface area contributed by atoms with Crippen molar-refractivity contribution in [1.82, 2.24) is 15.2 Å². The number of aromatic nitrogens is 1. The second kappa shape index (κ2) is 4.67. The average molecular weight is 251 g/mol. The van der Waals surface area contributed by atoms with Crippen LogP contribution in [0.5, 0.6) is 0 Å². The third-order valence-corrected chi connectivity index (χ3v) is 5.20. The van der Waals surface area contributed by atoms with E-state index in [1.807, 2.05) is 11.3 Å².